The fourth-order valence-electron chi connectivity index (χ4n) is 2.37. The lowest BCUT2D eigenvalue weighted by Crippen LogP contribution is -2.31. The summed E-state index contributed by atoms with van der Waals surface area (Å²) < 4.78 is 32.3. The molecule has 2 aromatic carbocycles. The maximum Gasteiger partial charge on any atom is 0.265 e. The molecule has 8 heteroatoms. The summed E-state index contributed by atoms with van der Waals surface area (Å²) in [4.78, 5) is 23.7. The monoisotopic (exact) mass is 404 g/mol. The van der Waals surface area contributed by atoms with Gasteiger partial charge in [-0.1, -0.05) is 0 Å². The van der Waals surface area contributed by atoms with Crippen LogP contribution in [0.2, 0.25) is 0 Å². The number of sulfonamides is 1. The Balaban J connectivity index is 1.99. The minimum absolute atomic E-state index is 0.0496. The molecule has 150 valence electrons. The van der Waals surface area contributed by atoms with Gasteiger partial charge in [0.05, 0.1) is 4.90 Å². The number of benzene rings is 2. The van der Waals surface area contributed by atoms with E-state index < -0.39 is 16.1 Å². The Labute approximate surface area is 165 Å². The number of amides is 1. The molecule has 0 spiro atoms. The van der Waals surface area contributed by atoms with E-state index in [4.69, 9.17) is 4.74 Å². The fourth-order valence-corrected chi connectivity index (χ4v) is 3.62. The van der Waals surface area contributed by atoms with Gasteiger partial charge in [-0.05, 0) is 76.2 Å². The lowest BCUT2D eigenvalue weighted by Gasteiger charge is -2.15. The molecule has 1 atom stereocenters. The minimum Gasteiger partial charge on any atom is -0.481 e. The summed E-state index contributed by atoms with van der Waals surface area (Å²) in [6.45, 7) is 6.54. The number of ether oxygens (including phenoxy) is 1. The zero-order valence-corrected chi connectivity index (χ0v) is 17.0. The van der Waals surface area contributed by atoms with Crippen molar-refractivity contribution in [1.29, 1.82) is 0 Å². The molecule has 0 aromatic heterocycles. The van der Waals surface area contributed by atoms with Gasteiger partial charge in [0.2, 0.25) is 10.0 Å². The van der Waals surface area contributed by atoms with Gasteiger partial charge in [0.15, 0.2) is 11.9 Å². The van der Waals surface area contributed by atoms with Crippen molar-refractivity contribution in [3.05, 3.63) is 54.1 Å². The van der Waals surface area contributed by atoms with Crippen LogP contribution in [0.25, 0.3) is 0 Å². The van der Waals surface area contributed by atoms with Gasteiger partial charge < -0.3 is 10.1 Å². The molecule has 0 saturated heterocycles. The van der Waals surface area contributed by atoms with Crippen LogP contribution in [-0.2, 0) is 14.8 Å². The molecule has 0 saturated carbocycles. The Bertz CT molecular complexity index is 936. The SMILES string of the molecule is CC(=O)c1ccc(O[C@H](C)C(=O)Nc2ccc(S(=O)(=O)NC(C)C)cc2)cc1. The van der Waals surface area contributed by atoms with E-state index in [2.05, 4.69) is 10.0 Å². The summed E-state index contributed by atoms with van der Waals surface area (Å²) in [6.07, 6.45) is -0.783. The molecule has 0 heterocycles. The first-order valence-corrected chi connectivity index (χ1v) is 10.3. The highest BCUT2D eigenvalue weighted by atomic mass is 32.2. The van der Waals surface area contributed by atoms with E-state index in [1.165, 1.54) is 31.2 Å². The third-order valence-electron chi connectivity index (χ3n) is 3.77. The largest absolute Gasteiger partial charge is 0.481 e. The third-order valence-corrected chi connectivity index (χ3v) is 5.44. The van der Waals surface area contributed by atoms with Gasteiger partial charge in [0.25, 0.3) is 5.91 Å². The number of carbonyl (C=O) groups is 2. The summed E-state index contributed by atoms with van der Waals surface area (Å²) in [5.41, 5.74) is 1.02. The first-order chi connectivity index (χ1) is 13.1. The molecule has 0 unspecified atom stereocenters. The predicted molar refractivity (Wildman–Crippen MR) is 107 cm³/mol. The van der Waals surface area contributed by atoms with E-state index >= 15 is 0 Å². The van der Waals surface area contributed by atoms with Gasteiger partial charge in [0, 0.05) is 17.3 Å². The van der Waals surface area contributed by atoms with Crippen molar-refractivity contribution in [2.45, 2.75) is 44.7 Å². The standard InChI is InChI=1S/C20H24N2O5S/c1-13(2)22-28(25,26)19-11-7-17(8-12-19)21-20(24)15(4)27-18-9-5-16(6-10-18)14(3)23/h5-13,15,22H,1-4H3,(H,21,24)/t15-/m1/s1. The van der Waals surface area contributed by atoms with E-state index in [9.17, 15) is 18.0 Å². The van der Waals surface area contributed by atoms with Crippen molar-refractivity contribution >= 4 is 27.4 Å². The smallest absolute Gasteiger partial charge is 0.265 e. The van der Waals surface area contributed by atoms with Crippen molar-refractivity contribution in [3.63, 3.8) is 0 Å². The molecule has 0 bridgehead atoms. The summed E-state index contributed by atoms with van der Waals surface area (Å²) >= 11 is 0. The molecule has 1 amide bonds. The molecule has 2 N–H and O–H groups in total. The van der Waals surface area contributed by atoms with E-state index in [-0.39, 0.29) is 22.6 Å². The van der Waals surface area contributed by atoms with Crippen LogP contribution in [0.1, 0.15) is 38.1 Å². The maximum absolute atomic E-state index is 12.3. The van der Waals surface area contributed by atoms with E-state index in [0.29, 0.717) is 17.0 Å². The number of hydrogen-bond donors (Lipinski definition) is 2. The zero-order chi connectivity index (χ0) is 20.9. The third kappa shape index (κ3) is 5.90. The lowest BCUT2D eigenvalue weighted by molar-refractivity contribution is -0.122. The van der Waals surface area contributed by atoms with Crippen LogP contribution < -0.4 is 14.8 Å². The minimum atomic E-state index is -3.58. The molecular weight excluding hydrogens is 380 g/mol. The van der Waals surface area contributed by atoms with Gasteiger partial charge in [-0.3, -0.25) is 9.59 Å². The highest BCUT2D eigenvalue weighted by Gasteiger charge is 2.17. The van der Waals surface area contributed by atoms with Crippen molar-refractivity contribution < 1.29 is 22.7 Å². The van der Waals surface area contributed by atoms with Crippen LogP contribution in [0, 0.1) is 0 Å². The van der Waals surface area contributed by atoms with E-state index in [1.807, 2.05) is 0 Å². The molecule has 7 nitrogen and oxygen atoms in total. The molecule has 0 fully saturated rings. The van der Waals surface area contributed by atoms with Gasteiger partial charge in [-0.15, -0.1) is 0 Å². The highest BCUT2D eigenvalue weighted by Crippen LogP contribution is 2.17. The van der Waals surface area contributed by atoms with Crippen molar-refractivity contribution in [2.75, 3.05) is 5.32 Å². The molecular formula is C20H24N2O5S. The number of carbonyl (C=O) groups excluding carboxylic acids is 2. The first-order valence-electron chi connectivity index (χ1n) is 8.79. The van der Waals surface area contributed by atoms with Crippen molar-refractivity contribution in [2.24, 2.45) is 0 Å². The Hall–Kier alpha value is -2.71. The molecule has 2 aromatic rings. The molecule has 0 aliphatic heterocycles. The second-order valence-electron chi connectivity index (χ2n) is 6.63. The van der Waals surface area contributed by atoms with Crippen LogP contribution in [0.4, 0.5) is 5.69 Å². The van der Waals surface area contributed by atoms with Gasteiger partial charge in [-0.25, -0.2) is 13.1 Å². The Kier molecular flexibility index (Phi) is 6.93. The highest BCUT2D eigenvalue weighted by molar-refractivity contribution is 7.89. The quantitative estimate of drug-likeness (QED) is 0.659. The van der Waals surface area contributed by atoms with Gasteiger partial charge in [0.1, 0.15) is 5.75 Å². The predicted octanol–water partition coefficient (Wildman–Crippen LogP) is 2.98. The Morgan fingerprint density at radius 3 is 2.00 bits per heavy atom. The molecule has 2 rings (SSSR count). The number of rotatable bonds is 8. The average molecular weight is 404 g/mol. The number of hydrogen-bond acceptors (Lipinski definition) is 5. The molecule has 0 aliphatic rings. The van der Waals surface area contributed by atoms with Crippen molar-refractivity contribution in [1.82, 2.24) is 4.72 Å². The van der Waals surface area contributed by atoms with E-state index in [0.717, 1.165) is 0 Å². The summed E-state index contributed by atoms with van der Waals surface area (Å²) in [7, 11) is -3.58. The topological polar surface area (TPSA) is 102 Å². The van der Waals surface area contributed by atoms with Crippen LogP contribution in [0.15, 0.2) is 53.4 Å². The Morgan fingerprint density at radius 1 is 0.929 bits per heavy atom. The maximum atomic E-state index is 12.3. The molecule has 0 aliphatic carbocycles. The van der Waals surface area contributed by atoms with Crippen LogP contribution in [-0.4, -0.2) is 32.3 Å². The fraction of sp³-hybridized carbons (Fsp3) is 0.300. The second-order valence-corrected chi connectivity index (χ2v) is 8.34. The van der Waals surface area contributed by atoms with Gasteiger partial charge >= 0.3 is 0 Å². The van der Waals surface area contributed by atoms with E-state index in [1.54, 1.807) is 45.0 Å². The molecule has 28 heavy (non-hydrogen) atoms. The second kappa shape index (κ2) is 8.99. The molecule has 0 radical (unpaired) electrons. The average Bonchev–Trinajstić information content (AvgIpc) is 2.61. The number of nitrogens with one attached hydrogen (secondary N) is 2. The van der Waals surface area contributed by atoms with Crippen LogP contribution >= 0.6 is 0 Å². The number of ketones is 1. The van der Waals surface area contributed by atoms with Crippen LogP contribution in [0.3, 0.4) is 0 Å². The van der Waals surface area contributed by atoms with Crippen molar-refractivity contribution in [3.8, 4) is 5.75 Å². The Morgan fingerprint density at radius 2 is 1.50 bits per heavy atom. The number of Topliss-reactive ketones (excluding diaryl/α,β-unsaturated/α-hetero) is 1. The summed E-state index contributed by atoms with van der Waals surface area (Å²) in [5.74, 6) is 0.0341. The van der Waals surface area contributed by atoms with Crippen LogP contribution in [0.5, 0.6) is 5.75 Å². The lowest BCUT2D eigenvalue weighted by atomic mass is 10.1. The zero-order valence-electron chi connectivity index (χ0n) is 16.2. The first kappa shape index (κ1) is 21.6. The number of anilines is 1. The van der Waals surface area contributed by atoms with Gasteiger partial charge in [-0.2, -0.15) is 0 Å². The summed E-state index contributed by atoms with van der Waals surface area (Å²) in [6, 6.07) is 12.2. The summed E-state index contributed by atoms with van der Waals surface area (Å²) in [5, 5.41) is 2.68. The normalized spacial score (nSPS) is 12.5.